The third kappa shape index (κ3) is 14.3. The van der Waals surface area contributed by atoms with Crippen molar-refractivity contribution in [2.75, 3.05) is 0 Å². The van der Waals surface area contributed by atoms with E-state index in [9.17, 15) is 0 Å². The topological polar surface area (TPSA) is 15.4 Å². The summed E-state index contributed by atoms with van der Waals surface area (Å²) in [6.07, 6.45) is 23.6. The molecule has 0 saturated carbocycles. The Labute approximate surface area is 274 Å². The number of unbranched alkanes of at least 4 members (excludes halogenated alkanes) is 8. The van der Waals surface area contributed by atoms with Crippen molar-refractivity contribution in [2.45, 2.75) is 170 Å². The Morgan fingerprint density at radius 1 is 0.512 bits per heavy atom. The van der Waals surface area contributed by atoms with E-state index >= 15 is 0 Å². The predicted molar refractivity (Wildman–Crippen MR) is 188 cm³/mol. The van der Waals surface area contributed by atoms with Crippen LogP contribution in [-0.4, -0.2) is 15.1 Å². The van der Waals surface area contributed by atoms with Crippen LogP contribution in [0.15, 0.2) is 41.4 Å². The number of aryl methyl sites for hydroxylation is 4. The van der Waals surface area contributed by atoms with Crippen molar-refractivity contribution in [1.29, 1.82) is 0 Å². The second-order valence-corrected chi connectivity index (χ2v) is 13.0. The van der Waals surface area contributed by atoms with Crippen molar-refractivity contribution in [3.05, 3.63) is 58.7 Å². The molecule has 0 radical (unpaired) electrons. The molecule has 0 heterocycles. The van der Waals surface area contributed by atoms with Crippen molar-refractivity contribution in [3.63, 3.8) is 0 Å². The first kappa shape index (κ1) is 37.5. The Bertz CT molecular complexity index is 1060. The van der Waals surface area contributed by atoms with E-state index in [0.717, 1.165) is 57.1 Å². The minimum absolute atomic E-state index is 0.987. The summed E-state index contributed by atoms with van der Waals surface area (Å²) in [7, 11) is 0. The van der Waals surface area contributed by atoms with Crippen LogP contribution in [0.4, 0.5) is 11.4 Å². The van der Waals surface area contributed by atoms with Crippen LogP contribution in [0, 0.1) is 0 Å². The zero-order valence-corrected chi connectivity index (χ0v) is 29.8. The molecule has 0 fully saturated rings. The molecule has 2 aromatic rings. The maximum absolute atomic E-state index is 5.97. The van der Waals surface area contributed by atoms with Gasteiger partial charge in [0.15, 0.2) is 0 Å². The monoisotopic (exact) mass is 630 g/mol. The van der Waals surface area contributed by atoms with E-state index in [1.54, 1.807) is 0 Å². The van der Waals surface area contributed by atoms with Gasteiger partial charge in [0.25, 0.3) is 0 Å². The fourth-order valence-electron chi connectivity index (χ4n) is 5.74. The summed E-state index contributed by atoms with van der Waals surface area (Å²) in [6.45, 7) is 13.7. The van der Waals surface area contributed by atoms with Crippen molar-refractivity contribution in [2.24, 2.45) is 4.99 Å². The molecule has 243 valence electrons. The van der Waals surface area contributed by atoms with Crippen molar-refractivity contribution < 1.29 is 19.3 Å². The van der Waals surface area contributed by atoms with E-state index in [4.69, 9.17) is 20.7 Å². The first-order valence-corrected chi connectivity index (χ1v) is 18.6. The summed E-state index contributed by atoms with van der Waals surface area (Å²) in [5.41, 5.74) is 10.6. The number of benzene rings is 2. The molecule has 2 nitrogen and oxygen atoms in total. The first-order chi connectivity index (χ1) is 21.0. The third-order valence-electron chi connectivity index (χ3n) is 8.41. The molecule has 0 aliphatic rings. The Kier molecular flexibility index (Phi) is 19.8. The van der Waals surface area contributed by atoms with Gasteiger partial charge in [-0.25, -0.2) is 0 Å². The van der Waals surface area contributed by atoms with E-state index in [0.29, 0.717) is 0 Å². The van der Waals surface area contributed by atoms with Crippen LogP contribution >= 0.6 is 0 Å². The molecular weight excluding hydrogens is 567 g/mol. The van der Waals surface area contributed by atoms with Crippen LogP contribution in [0.3, 0.4) is 0 Å². The van der Waals surface area contributed by atoms with Gasteiger partial charge in [-0.1, -0.05) is 0 Å². The fraction of sp³-hybridized carbons (Fsp3) is 0.650. The second kappa shape index (κ2) is 22.7. The van der Waals surface area contributed by atoms with Gasteiger partial charge in [0, 0.05) is 0 Å². The van der Waals surface area contributed by atoms with E-state index in [1.165, 1.54) is 116 Å². The van der Waals surface area contributed by atoms with Crippen molar-refractivity contribution in [3.8, 4) is 0 Å². The molecule has 0 N–H and O–H groups in total. The molecule has 0 aliphatic heterocycles. The summed E-state index contributed by atoms with van der Waals surface area (Å²) in [5, 5.41) is 0. The van der Waals surface area contributed by atoms with Crippen molar-refractivity contribution in [1.82, 2.24) is 0 Å². The molecule has 0 aromatic heterocycles. The number of rotatable bonds is 23. The Morgan fingerprint density at radius 3 is 1.40 bits per heavy atom. The average molecular weight is 632 g/mol. The number of hydrogen-bond donors (Lipinski definition) is 0. The molecule has 2 rings (SSSR count). The molecule has 3 heteroatoms. The number of nitrogens with zero attached hydrogens (tertiary/aromatic N) is 2. The number of hydrogen-bond acceptors (Lipinski definition) is 1. The molecule has 0 saturated heterocycles. The van der Waals surface area contributed by atoms with Gasteiger partial charge < -0.3 is 0 Å². The molecule has 0 unspecified atom stereocenters. The van der Waals surface area contributed by atoms with Gasteiger partial charge >= 0.3 is 276 Å². The number of aliphatic imine (C=N–C) groups is 1. The summed E-state index contributed by atoms with van der Waals surface area (Å²) >= 11 is 5.97. The summed E-state index contributed by atoms with van der Waals surface area (Å²) in [5.74, 6) is 0. The summed E-state index contributed by atoms with van der Waals surface area (Å²) in [6, 6.07) is 14.4. The van der Waals surface area contributed by atoms with Crippen LogP contribution in [-0.2, 0) is 41.4 Å². The van der Waals surface area contributed by atoms with E-state index in [-0.39, 0.29) is 0 Å². The van der Waals surface area contributed by atoms with Gasteiger partial charge in [0.1, 0.15) is 0 Å². The Morgan fingerprint density at radius 2 is 0.953 bits per heavy atom. The first-order valence-electron chi connectivity index (χ1n) is 18.1. The fourth-order valence-corrected chi connectivity index (χ4v) is 6.10. The second-order valence-electron chi connectivity index (χ2n) is 12.6. The zero-order chi connectivity index (χ0) is 31.3. The van der Waals surface area contributed by atoms with E-state index in [2.05, 4.69) is 81.6 Å². The maximum atomic E-state index is 5.97. The Balaban J connectivity index is 2.70. The zero-order valence-electron chi connectivity index (χ0n) is 28.8. The predicted octanol–water partition coefficient (Wildman–Crippen LogP) is 12.5. The van der Waals surface area contributed by atoms with Crippen LogP contribution in [0.5, 0.6) is 0 Å². The van der Waals surface area contributed by atoms with Gasteiger partial charge in [-0.15, -0.1) is 0 Å². The molecule has 0 atom stereocenters. The third-order valence-corrected chi connectivity index (χ3v) is 8.93. The molecule has 43 heavy (non-hydrogen) atoms. The van der Waals surface area contributed by atoms with Crippen molar-refractivity contribution >= 4 is 22.8 Å². The van der Waals surface area contributed by atoms with Crippen LogP contribution in [0.1, 0.15) is 167 Å². The van der Waals surface area contributed by atoms with E-state index in [1.807, 2.05) is 0 Å². The molecule has 0 amide bonds. The molecule has 0 aliphatic carbocycles. The standard InChI is InChI=1S/C40H64N2.Ni/c1-7-13-19-20-26-40(42-38-31-35(23-16-10-4)28-36(32-38)24-17-11-5)39(25-18-12-6)41-37-29-33(21-14-8-2)27-34(30-37)22-15-9-3;/h27-32H,7-26H2,1-6H3;/q;+1. The summed E-state index contributed by atoms with van der Waals surface area (Å²) < 4.78 is 2.16. The van der Waals surface area contributed by atoms with Gasteiger partial charge in [0.05, 0.1) is 0 Å². The van der Waals surface area contributed by atoms with Gasteiger partial charge in [-0.05, 0) is 0 Å². The molecular formula is C40H64N2Ni+. The van der Waals surface area contributed by atoms with Gasteiger partial charge in [-0.3, -0.25) is 0 Å². The van der Waals surface area contributed by atoms with Crippen LogP contribution in [0.25, 0.3) is 0 Å². The normalized spacial score (nSPS) is 12.6. The van der Waals surface area contributed by atoms with E-state index < -0.39 is 0 Å². The van der Waals surface area contributed by atoms with Gasteiger partial charge in [0.2, 0.25) is 0 Å². The molecule has 0 spiro atoms. The quantitative estimate of drug-likeness (QED) is 0.0659. The average Bonchev–Trinajstić information content (AvgIpc) is 3.02. The van der Waals surface area contributed by atoms with Crippen LogP contribution in [0.2, 0.25) is 0 Å². The SMILES string of the molecule is CCCCCCC(C(CCCC)=Nc1cc(CCCC)cc(CCCC)c1)=[N+]([Ni])c1cc(CCCC)cc(CCCC)c1. The molecule has 2 aromatic carbocycles. The Hall–Kier alpha value is -1.73. The van der Waals surface area contributed by atoms with Gasteiger partial charge in [-0.2, -0.15) is 0 Å². The molecule has 0 bridgehead atoms. The minimum atomic E-state index is 0.987. The van der Waals surface area contributed by atoms with Crippen LogP contribution < -0.4 is 0 Å². The summed E-state index contributed by atoms with van der Waals surface area (Å²) in [4.78, 5) is 5.50.